The van der Waals surface area contributed by atoms with E-state index in [0.717, 1.165) is 0 Å². The minimum Gasteiger partial charge on any atom is -0.494 e. The van der Waals surface area contributed by atoms with Gasteiger partial charge < -0.3 is 15.8 Å². The van der Waals surface area contributed by atoms with Crippen LogP contribution in [0.3, 0.4) is 0 Å². The fraction of sp³-hybridized carbons (Fsp3) is 0.0833. The number of rotatable bonds is 3. The van der Waals surface area contributed by atoms with Gasteiger partial charge in [0.25, 0.3) is 0 Å². The Morgan fingerprint density at radius 3 is 2.88 bits per heavy atom. The van der Waals surface area contributed by atoms with Gasteiger partial charge in [0.1, 0.15) is 5.82 Å². The van der Waals surface area contributed by atoms with Crippen LogP contribution in [-0.2, 0) is 0 Å². The molecule has 0 unspecified atom stereocenters. The Morgan fingerprint density at radius 2 is 2.18 bits per heavy atom. The molecule has 1 heterocycles. The van der Waals surface area contributed by atoms with Gasteiger partial charge in [-0.25, -0.2) is 9.37 Å². The Labute approximate surface area is 98.2 Å². The minimum absolute atomic E-state index is 0.178. The van der Waals surface area contributed by atoms with Gasteiger partial charge in [0.15, 0.2) is 11.6 Å². The number of ether oxygens (including phenoxy) is 1. The van der Waals surface area contributed by atoms with Gasteiger partial charge in [-0.15, -0.1) is 0 Å². The first-order chi connectivity index (χ1) is 8.20. The Hall–Kier alpha value is -2.30. The monoisotopic (exact) mass is 233 g/mol. The molecule has 0 saturated carbocycles. The van der Waals surface area contributed by atoms with Gasteiger partial charge in [-0.1, -0.05) is 0 Å². The van der Waals surface area contributed by atoms with Crippen molar-refractivity contribution in [2.75, 3.05) is 18.2 Å². The number of pyridine rings is 1. The van der Waals surface area contributed by atoms with E-state index in [0.29, 0.717) is 17.2 Å². The van der Waals surface area contributed by atoms with E-state index in [2.05, 4.69) is 10.3 Å². The van der Waals surface area contributed by atoms with Crippen molar-refractivity contribution in [3.63, 3.8) is 0 Å². The molecule has 0 radical (unpaired) electrons. The second-order valence-electron chi connectivity index (χ2n) is 3.41. The van der Waals surface area contributed by atoms with E-state index in [1.54, 1.807) is 30.5 Å². The number of hydrogen-bond acceptors (Lipinski definition) is 4. The maximum Gasteiger partial charge on any atom is 0.165 e. The highest BCUT2D eigenvalue weighted by Crippen LogP contribution is 2.25. The van der Waals surface area contributed by atoms with Crippen molar-refractivity contribution < 1.29 is 9.13 Å². The zero-order chi connectivity index (χ0) is 12.3. The molecule has 17 heavy (non-hydrogen) atoms. The third-order valence-corrected chi connectivity index (χ3v) is 2.27. The molecule has 1 aromatic heterocycles. The molecule has 0 bridgehead atoms. The zero-order valence-corrected chi connectivity index (χ0v) is 9.27. The highest BCUT2D eigenvalue weighted by molar-refractivity contribution is 5.69. The Balaban J connectivity index is 2.28. The molecule has 0 aliphatic carbocycles. The van der Waals surface area contributed by atoms with Gasteiger partial charge in [0, 0.05) is 18.0 Å². The van der Waals surface area contributed by atoms with E-state index < -0.39 is 5.82 Å². The Bertz CT molecular complexity index is 531. The summed E-state index contributed by atoms with van der Waals surface area (Å²) in [4.78, 5) is 3.95. The van der Waals surface area contributed by atoms with Crippen LogP contribution < -0.4 is 15.8 Å². The molecular formula is C12H12FN3O. The number of nitrogens with zero attached hydrogens (tertiary/aromatic N) is 1. The lowest BCUT2D eigenvalue weighted by Gasteiger charge is -2.09. The van der Waals surface area contributed by atoms with Crippen LogP contribution in [0.4, 0.5) is 21.6 Å². The van der Waals surface area contributed by atoms with Crippen molar-refractivity contribution in [3.8, 4) is 5.75 Å². The molecule has 0 atom stereocenters. The first kappa shape index (κ1) is 11.2. The van der Waals surface area contributed by atoms with Crippen molar-refractivity contribution in [3.05, 3.63) is 42.3 Å². The molecule has 2 aromatic rings. The van der Waals surface area contributed by atoms with Crippen LogP contribution in [-0.4, -0.2) is 12.1 Å². The van der Waals surface area contributed by atoms with E-state index in [9.17, 15) is 4.39 Å². The van der Waals surface area contributed by atoms with Gasteiger partial charge >= 0.3 is 0 Å². The fourth-order valence-corrected chi connectivity index (χ4v) is 1.42. The summed E-state index contributed by atoms with van der Waals surface area (Å²) in [5.41, 5.74) is 7.04. The summed E-state index contributed by atoms with van der Waals surface area (Å²) in [5.74, 6) is 0.158. The number of nitrogens with two attached hydrogens (primary N) is 1. The number of nitrogen functional groups attached to an aromatic ring is 1. The summed E-state index contributed by atoms with van der Waals surface area (Å²) >= 11 is 0. The van der Waals surface area contributed by atoms with E-state index >= 15 is 0 Å². The van der Waals surface area contributed by atoms with Crippen LogP contribution in [0.2, 0.25) is 0 Å². The third-order valence-electron chi connectivity index (χ3n) is 2.27. The van der Waals surface area contributed by atoms with Crippen LogP contribution in [0.25, 0.3) is 0 Å². The Morgan fingerprint density at radius 1 is 1.35 bits per heavy atom. The van der Waals surface area contributed by atoms with E-state index in [4.69, 9.17) is 10.5 Å². The highest BCUT2D eigenvalue weighted by atomic mass is 19.1. The number of benzene rings is 1. The lowest BCUT2D eigenvalue weighted by atomic mass is 10.2. The molecule has 0 fully saturated rings. The van der Waals surface area contributed by atoms with Crippen molar-refractivity contribution in [2.24, 2.45) is 0 Å². The lowest BCUT2D eigenvalue weighted by molar-refractivity contribution is 0.387. The summed E-state index contributed by atoms with van der Waals surface area (Å²) in [7, 11) is 1.42. The third kappa shape index (κ3) is 2.44. The summed E-state index contributed by atoms with van der Waals surface area (Å²) < 4.78 is 18.1. The van der Waals surface area contributed by atoms with Crippen LogP contribution in [0.15, 0.2) is 36.5 Å². The van der Waals surface area contributed by atoms with Gasteiger partial charge in [-0.3, -0.25) is 0 Å². The number of hydrogen-bond donors (Lipinski definition) is 2. The van der Waals surface area contributed by atoms with Gasteiger partial charge in [-0.05, 0) is 24.3 Å². The summed E-state index contributed by atoms with van der Waals surface area (Å²) in [6.07, 6.45) is 1.60. The summed E-state index contributed by atoms with van der Waals surface area (Å²) in [5, 5.41) is 3.04. The smallest absolute Gasteiger partial charge is 0.165 e. The van der Waals surface area contributed by atoms with Crippen molar-refractivity contribution in [1.82, 2.24) is 4.98 Å². The van der Waals surface area contributed by atoms with Crippen molar-refractivity contribution in [2.45, 2.75) is 0 Å². The minimum atomic E-state index is -0.405. The van der Waals surface area contributed by atoms with Gasteiger partial charge in [0.05, 0.1) is 12.8 Å². The molecule has 88 valence electrons. The second-order valence-corrected chi connectivity index (χ2v) is 3.41. The van der Waals surface area contributed by atoms with E-state index in [-0.39, 0.29) is 5.75 Å². The van der Waals surface area contributed by atoms with Crippen LogP contribution in [0, 0.1) is 5.82 Å². The summed E-state index contributed by atoms with van der Waals surface area (Å²) in [6, 6.07) is 8.04. The molecule has 0 aliphatic heterocycles. The van der Waals surface area contributed by atoms with E-state index in [1.807, 2.05) is 0 Å². The zero-order valence-electron chi connectivity index (χ0n) is 9.27. The molecule has 3 N–H and O–H groups in total. The topological polar surface area (TPSA) is 60.2 Å². The first-order valence-electron chi connectivity index (χ1n) is 5.02. The molecular weight excluding hydrogens is 221 g/mol. The SMILES string of the molecule is COc1cc(Nc2cccnc2N)ccc1F. The van der Waals surface area contributed by atoms with Gasteiger partial charge in [-0.2, -0.15) is 0 Å². The van der Waals surface area contributed by atoms with Crippen LogP contribution in [0.1, 0.15) is 0 Å². The van der Waals surface area contributed by atoms with Crippen molar-refractivity contribution in [1.29, 1.82) is 0 Å². The molecule has 2 rings (SSSR count). The average Bonchev–Trinajstić information content (AvgIpc) is 2.34. The molecule has 0 amide bonds. The standard InChI is InChI=1S/C12H12FN3O/c1-17-11-7-8(4-5-9(11)13)16-10-3-2-6-15-12(10)14/h2-7,16H,1H3,(H2,14,15). The molecule has 0 saturated heterocycles. The normalized spacial score (nSPS) is 10.0. The number of aromatic nitrogens is 1. The number of methoxy groups -OCH3 is 1. The lowest BCUT2D eigenvalue weighted by Crippen LogP contribution is -1.98. The summed E-state index contributed by atoms with van der Waals surface area (Å²) in [6.45, 7) is 0. The number of anilines is 3. The second kappa shape index (κ2) is 4.69. The predicted molar refractivity (Wildman–Crippen MR) is 64.9 cm³/mol. The quantitative estimate of drug-likeness (QED) is 0.855. The fourth-order valence-electron chi connectivity index (χ4n) is 1.42. The highest BCUT2D eigenvalue weighted by Gasteiger charge is 2.05. The molecule has 0 spiro atoms. The van der Waals surface area contributed by atoms with Gasteiger partial charge in [0.2, 0.25) is 0 Å². The molecule has 4 nitrogen and oxygen atoms in total. The van der Waals surface area contributed by atoms with E-state index in [1.165, 1.54) is 13.2 Å². The molecule has 0 aliphatic rings. The largest absolute Gasteiger partial charge is 0.494 e. The first-order valence-corrected chi connectivity index (χ1v) is 5.02. The maximum atomic E-state index is 13.2. The predicted octanol–water partition coefficient (Wildman–Crippen LogP) is 2.56. The van der Waals surface area contributed by atoms with Crippen LogP contribution >= 0.6 is 0 Å². The number of halogens is 1. The number of nitrogens with one attached hydrogen (secondary N) is 1. The maximum absolute atomic E-state index is 13.2. The molecule has 1 aromatic carbocycles. The Kier molecular flexibility index (Phi) is 3.09. The average molecular weight is 233 g/mol. The molecule has 5 heteroatoms. The van der Waals surface area contributed by atoms with Crippen molar-refractivity contribution >= 4 is 17.2 Å². The van der Waals surface area contributed by atoms with Crippen LogP contribution in [0.5, 0.6) is 5.75 Å².